The van der Waals surface area contributed by atoms with Crippen molar-refractivity contribution < 1.29 is 4.79 Å². The summed E-state index contributed by atoms with van der Waals surface area (Å²) >= 11 is 1.41. The van der Waals surface area contributed by atoms with Gasteiger partial charge in [-0.1, -0.05) is 36.4 Å². The molecule has 0 atom stereocenters. The zero-order valence-corrected chi connectivity index (χ0v) is 14.2. The van der Waals surface area contributed by atoms with E-state index < -0.39 is 0 Å². The van der Waals surface area contributed by atoms with E-state index in [1.165, 1.54) is 22.9 Å². The van der Waals surface area contributed by atoms with Crippen LogP contribution < -0.4 is 0 Å². The second-order valence-electron chi connectivity index (χ2n) is 5.55. The minimum Gasteiger partial charge on any atom is -0.290 e. The molecule has 1 saturated heterocycles. The van der Waals surface area contributed by atoms with Gasteiger partial charge < -0.3 is 0 Å². The Balaban J connectivity index is 1.90. The molecule has 4 heteroatoms. The number of nitrogens with zero attached hydrogens (tertiary/aromatic N) is 2. The molecule has 2 aromatic rings. The average Bonchev–Trinajstić information content (AvgIpc) is 2.80. The van der Waals surface area contributed by atoms with Gasteiger partial charge in [0.1, 0.15) is 0 Å². The molecule has 116 valence electrons. The van der Waals surface area contributed by atoms with Gasteiger partial charge in [0.25, 0.3) is 5.91 Å². The summed E-state index contributed by atoms with van der Waals surface area (Å²) in [7, 11) is 1.76. The van der Waals surface area contributed by atoms with Crippen molar-refractivity contribution in [3.8, 4) is 0 Å². The lowest BCUT2D eigenvalue weighted by molar-refractivity contribution is -0.121. The van der Waals surface area contributed by atoms with Crippen molar-refractivity contribution in [2.75, 3.05) is 7.05 Å². The molecule has 1 heterocycles. The third-order valence-corrected chi connectivity index (χ3v) is 4.88. The predicted octanol–water partition coefficient (Wildman–Crippen LogP) is 4.54. The summed E-state index contributed by atoms with van der Waals surface area (Å²) in [6.45, 7) is 4.14. The number of thioether (sulfide) groups is 1. The summed E-state index contributed by atoms with van der Waals surface area (Å²) in [5, 5.41) is 0.709. The first-order valence-electron chi connectivity index (χ1n) is 7.43. The fourth-order valence-corrected chi connectivity index (χ4v) is 3.24. The molecular weight excluding hydrogens is 304 g/mol. The first kappa shape index (κ1) is 15.6. The first-order valence-corrected chi connectivity index (χ1v) is 8.25. The van der Waals surface area contributed by atoms with E-state index in [4.69, 9.17) is 0 Å². The predicted molar refractivity (Wildman–Crippen MR) is 97.8 cm³/mol. The molecule has 0 spiro atoms. The molecule has 3 rings (SSSR count). The minimum atomic E-state index is -0.0126. The van der Waals surface area contributed by atoms with E-state index in [-0.39, 0.29) is 5.91 Å². The van der Waals surface area contributed by atoms with Crippen LogP contribution in [0.5, 0.6) is 0 Å². The number of hydrogen-bond donors (Lipinski definition) is 0. The van der Waals surface area contributed by atoms with Gasteiger partial charge in [-0.15, -0.1) is 0 Å². The normalized spacial score (nSPS) is 18.2. The number of rotatable bonds is 2. The molecule has 1 aliphatic rings. The zero-order chi connectivity index (χ0) is 16.4. The molecule has 1 aliphatic heterocycles. The Morgan fingerprint density at radius 2 is 1.78 bits per heavy atom. The average molecular weight is 322 g/mol. The van der Waals surface area contributed by atoms with Crippen LogP contribution in [0.1, 0.15) is 16.7 Å². The van der Waals surface area contributed by atoms with Crippen LogP contribution in [0.3, 0.4) is 0 Å². The van der Waals surface area contributed by atoms with Gasteiger partial charge in [0.05, 0.1) is 10.6 Å². The molecule has 0 unspecified atom stereocenters. The number of benzene rings is 2. The van der Waals surface area contributed by atoms with E-state index in [0.29, 0.717) is 10.1 Å². The lowest BCUT2D eigenvalue weighted by Crippen LogP contribution is -2.23. The lowest BCUT2D eigenvalue weighted by Gasteiger charge is -2.08. The quantitative estimate of drug-likeness (QED) is 0.761. The molecule has 0 aliphatic carbocycles. The van der Waals surface area contributed by atoms with Crippen LogP contribution >= 0.6 is 11.8 Å². The molecule has 2 aromatic carbocycles. The van der Waals surface area contributed by atoms with Crippen molar-refractivity contribution in [2.24, 2.45) is 4.99 Å². The first-order chi connectivity index (χ1) is 11.0. The zero-order valence-electron chi connectivity index (χ0n) is 13.4. The molecule has 0 radical (unpaired) electrons. The fourth-order valence-electron chi connectivity index (χ4n) is 2.26. The number of carbonyl (C=O) groups excluding carboxylic acids is 1. The number of aliphatic imine (C=N–C) groups is 1. The number of amides is 1. The topological polar surface area (TPSA) is 32.7 Å². The largest absolute Gasteiger partial charge is 0.290 e. The Morgan fingerprint density at radius 1 is 1.04 bits per heavy atom. The van der Waals surface area contributed by atoms with Gasteiger partial charge in [0.2, 0.25) is 0 Å². The summed E-state index contributed by atoms with van der Waals surface area (Å²) < 4.78 is 0. The molecule has 0 bridgehead atoms. The van der Waals surface area contributed by atoms with Crippen molar-refractivity contribution >= 4 is 34.6 Å². The number of hydrogen-bond acceptors (Lipinski definition) is 3. The monoisotopic (exact) mass is 322 g/mol. The molecule has 23 heavy (non-hydrogen) atoms. The highest BCUT2D eigenvalue weighted by Gasteiger charge is 2.30. The van der Waals surface area contributed by atoms with Crippen molar-refractivity contribution in [1.29, 1.82) is 0 Å². The Labute approximate surface area is 140 Å². The second kappa shape index (κ2) is 6.42. The molecule has 0 aromatic heterocycles. The Hall–Kier alpha value is -2.33. The number of likely N-dealkylation sites (N-methyl/N-ethyl adjacent to an activating group) is 1. The van der Waals surface area contributed by atoms with E-state index >= 15 is 0 Å². The van der Waals surface area contributed by atoms with Gasteiger partial charge in [-0.05, 0) is 60.5 Å². The highest BCUT2D eigenvalue weighted by molar-refractivity contribution is 8.18. The van der Waals surface area contributed by atoms with E-state index in [1.54, 1.807) is 11.9 Å². The Bertz CT molecular complexity index is 809. The van der Waals surface area contributed by atoms with E-state index in [2.05, 4.69) is 24.9 Å². The molecule has 1 amide bonds. The smallest absolute Gasteiger partial charge is 0.266 e. The van der Waals surface area contributed by atoms with Crippen LogP contribution in [0.25, 0.3) is 6.08 Å². The molecule has 3 nitrogen and oxygen atoms in total. The summed E-state index contributed by atoms with van der Waals surface area (Å²) in [5.74, 6) is -0.0126. The van der Waals surface area contributed by atoms with Gasteiger partial charge in [-0.3, -0.25) is 9.69 Å². The summed E-state index contributed by atoms with van der Waals surface area (Å²) in [4.78, 5) is 19.3. The SMILES string of the molecule is Cc1ccc(N=C2S/C(=C\c3ccccc3)C(=O)N2C)cc1C. The highest BCUT2D eigenvalue weighted by Crippen LogP contribution is 2.33. The van der Waals surface area contributed by atoms with E-state index in [0.717, 1.165) is 11.3 Å². The lowest BCUT2D eigenvalue weighted by atomic mass is 10.1. The maximum Gasteiger partial charge on any atom is 0.266 e. The third kappa shape index (κ3) is 3.37. The highest BCUT2D eigenvalue weighted by atomic mass is 32.2. The van der Waals surface area contributed by atoms with Gasteiger partial charge in [-0.25, -0.2) is 4.99 Å². The third-order valence-electron chi connectivity index (χ3n) is 3.82. The molecule has 0 saturated carbocycles. The van der Waals surface area contributed by atoms with Gasteiger partial charge in [0.15, 0.2) is 5.17 Å². The van der Waals surface area contributed by atoms with E-state index in [9.17, 15) is 4.79 Å². The van der Waals surface area contributed by atoms with Crippen LogP contribution in [0, 0.1) is 13.8 Å². The van der Waals surface area contributed by atoms with Crippen molar-refractivity contribution in [3.05, 3.63) is 70.1 Å². The van der Waals surface area contributed by atoms with E-state index in [1.807, 2.05) is 48.5 Å². The van der Waals surface area contributed by atoms with Crippen LogP contribution in [-0.2, 0) is 4.79 Å². The van der Waals surface area contributed by atoms with Crippen LogP contribution in [0.4, 0.5) is 5.69 Å². The maximum absolute atomic E-state index is 12.4. The van der Waals surface area contributed by atoms with Crippen molar-refractivity contribution in [1.82, 2.24) is 4.90 Å². The van der Waals surface area contributed by atoms with Crippen LogP contribution in [-0.4, -0.2) is 23.0 Å². The van der Waals surface area contributed by atoms with Gasteiger partial charge in [0, 0.05) is 7.05 Å². The summed E-state index contributed by atoms with van der Waals surface area (Å²) in [6.07, 6.45) is 1.91. The van der Waals surface area contributed by atoms with Crippen molar-refractivity contribution in [2.45, 2.75) is 13.8 Å². The number of amidine groups is 1. The summed E-state index contributed by atoms with van der Waals surface area (Å²) in [5.41, 5.74) is 4.33. The molecule has 0 N–H and O–H groups in total. The van der Waals surface area contributed by atoms with Crippen molar-refractivity contribution in [3.63, 3.8) is 0 Å². The Morgan fingerprint density at radius 3 is 2.48 bits per heavy atom. The molecule has 1 fully saturated rings. The number of carbonyl (C=O) groups is 1. The van der Waals surface area contributed by atoms with Crippen LogP contribution in [0.15, 0.2) is 58.4 Å². The second-order valence-corrected chi connectivity index (χ2v) is 6.56. The summed E-state index contributed by atoms with van der Waals surface area (Å²) in [6, 6.07) is 15.9. The standard InChI is InChI=1S/C19H18N2OS/c1-13-9-10-16(11-14(13)2)20-19-21(3)18(22)17(23-19)12-15-7-5-4-6-8-15/h4-12H,1-3H3/b17-12-,20-19?. The van der Waals surface area contributed by atoms with Crippen LogP contribution in [0.2, 0.25) is 0 Å². The van der Waals surface area contributed by atoms with Gasteiger partial charge in [-0.2, -0.15) is 0 Å². The number of aryl methyl sites for hydroxylation is 2. The minimum absolute atomic E-state index is 0.0126. The van der Waals surface area contributed by atoms with Gasteiger partial charge >= 0.3 is 0 Å². The fraction of sp³-hybridized carbons (Fsp3) is 0.158. The molecular formula is C19H18N2OS. The maximum atomic E-state index is 12.4. The Kier molecular flexibility index (Phi) is 4.35.